The Morgan fingerprint density at radius 1 is 1.14 bits per heavy atom. The molecule has 2 aromatic carbocycles. The van der Waals surface area contributed by atoms with Gasteiger partial charge in [0.2, 0.25) is 0 Å². The Labute approximate surface area is 125 Å². The molecule has 0 aliphatic carbocycles. The number of benzene rings is 2. The highest BCUT2D eigenvalue weighted by Crippen LogP contribution is 2.24. The maximum atomic E-state index is 13.9. The molecule has 0 aliphatic rings. The number of nitrogens with zero attached hydrogens (tertiary/aromatic N) is 1. The molecule has 1 unspecified atom stereocenters. The van der Waals surface area contributed by atoms with Crippen molar-refractivity contribution in [2.24, 2.45) is 0 Å². The van der Waals surface area contributed by atoms with Gasteiger partial charge in [-0.2, -0.15) is 0 Å². The molecule has 2 aromatic rings. The number of halogens is 1. The second-order valence-electron chi connectivity index (χ2n) is 5.37. The molecule has 0 saturated carbocycles. The van der Waals surface area contributed by atoms with E-state index in [9.17, 15) is 9.50 Å². The van der Waals surface area contributed by atoms with Crippen LogP contribution in [0.5, 0.6) is 0 Å². The Kier molecular flexibility index (Phi) is 4.97. The second-order valence-corrected chi connectivity index (χ2v) is 5.37. The first-order valence-electron chi connectivity index (χ1n) is 7.27. The van der Waals surface area contributed by atoms with Crippen LogP contribution in [-0.2, 0) is 0 Å². The number of aliphatic hydroxyl groups excluding tert-OH is 1. The predicted molar refractivity (Wildman–Crippen MR) is 85.2 cm³/mol. The van der Waals surface area contributed by atoms with Crippen LogP contribution in [0.4, 0.5) is 10.1 Å². The van der Waals surface area contributed by atoms with E-state index in [2.05, 4.69) is 0 Å². The van der Waals surface area contributed by atoms with Crippen molar-refractivity contribution in [2.75, 3.05) is 18.0 Å². The lowest BCUT2D eigenvalue weighted by molar-refractivity contribution is 0.182. The van der Waals surface area contributed by atoms with Crippen LogP contribution in [0.1, 0.15) is 29.7 Å². The summed E-state index contributed by atoms with van der Waals surface area (Å²) in [5, 5.41) is 10.5. The van der Waals surface area contributed by atoms with Crippen LogP contribution in [-0.4, -0.2) is 18.2 Å². The zero-order chi connectivity index (χ0) is 15.4. The number of para-hydroxylation sites is 1. The van der Waals surface area contributed by atoms with Crippen molar-refractivity contribution >= 4 is 5.69 Å². The monoisotopic (exact) mass is 287 g/mol. The van der Waals surface area contributed by atoms with Crippen LogP contribution in [0.2, 0.25) is 0 Å². The van der Waals surface area contributed by atoms with Crippen molar-refractivity contribution in [1.29, 1.82) is 0 Å². The molecule has 0 aromatic heterocycles. The lowest BCUT2D eigenvalue weighted by Crippen LogP contribution is -2.29. The number of anilines is 1. The lowest BCUT2D eigenvalue weighted by atomic mass is 10.0. The zero-order valence-corrected chi connectivity index (χ0v) is 12.8. The van der Waals surface area contributed by atoms with Gasteiger partial charge in [0.25, 0.3) is 0 Å². The third-order valence-corrected chi connectivity index (χ3v) is 3.76. The van der Waals surface area contributed by atoms with Crippen molar-refractivity contribution in [3.05, 3.63) is 65.0 Å². The van der Waals surface area contributed by atoms with E-state index in [-0.39, 0.29) is 5.82 Å². The first-order chi connectivity index (χ1) is 10.0. The van der Waals surface area contributed by atoms with Crippen LogP contribution in [0.3, 0.4) is 0 Å². The summed E-state index contributed by atoms with van der Waals surface area (Å²) in [5.41, 5.74) is 3.61. The van der Waals surface area contributed by atoms with E-state index in [0.717, 1.165) is 16.7 Å². The third-order valence-electron chi connectivity index (χ3n) is 3.76. The summed E-state index contributed by atoms with van der Waals surface area (Å²) in [4.78, 5) is 1.86. The van der Waals surface area contributed by atoms with Crippen LogP contribution in [0, 0.1) is 19.7 Å². The average molecular weight is 287 g/mol. The molecule has 0 bridgehead atoms. The highest BCUT2D eigenvalue weighted by Gasteiger charge is 2.17. The summed E-state index contributed by atoms with van der Waals surface area (Å²) in [6.45, 7) is 6.97. The molecule has 1 atom stereocenters. The van der Waals surface area contributed by atoms with Crippen molar-refractivity contribution in [1.82, 2.24) is 0 Å². The second kappa shape index (κ2) is 6.72. The van der Waals surface area contributed by atoms with E-state index in [4.69, 9.17) is 0 Å². The van der Waals surface area contributed by atoms with E-state index in [1.807, 2.05) is 49.9 Å². The van der Waals surface area contributed by atoms with Crippen molar-refractivity contribution < 1.29 is 9.50 Å². The first-order valence-corrected chi connectivity index (χ1v) is 7.27. The standard InChI is InChI=1S/C18H22FNO/c1-4-20(17-8-6-5-7-16(17)19)12-18(21)15-11-13(2)9-10-14(15)3/h5-11,18,21H,4,12H2,1-3H3. The molecule has 21 heavy (non-hydrogen) atoms. The lowest BCUT2D eigenvalue weighted by Gasteiger charge is -2.27. The molecular weight excluding hydrogens is 265 g/mol. The van der Waals surface area contributed by atoms with Gasteiger partial charge in [-0.05, 0) is 44.0 Å². The van der Waals surface area contributed by atoms with Gasteiger partial charge in [0, 0.05) is 13.1 Å². The zero-order valence-electron chi connectivity index (χ0n) is 12.8. The SMILES string of the molecule is CCN(CC(O)c1cc(C)ccc1C)c1ccccc1F. The number of hydrogen-bond acceptors (Lipinski definition) is 2. The number of hydrogen-bond donors (Lipinski definition) is 1. The molecule has 0 saturated heterocycles. The summed E-state index contributed by atoms with van der Waals surface area (Å²) >= 11 is 0. The molecule has 2 nitrogen and oxygen atoms in total. The van der Waals surface area contributed by atoms with Gasteiger partial charge < -0.3 is 10.0 Å². The number of aliphatic hydroxyl groups is 1. The van der Waals surface area contributed by atoms with Gasteiger partial charge in [0.1, 0.15) is 5.82 Å². The van der Waals surface area contributed by atoms with Gasteiger partial charge in [-0.3, -0.25) is 0 Å². The molecule has 3 heteroatoms. The maximum Gasteiger partial charge on any atom is 0.146 e. The molecular formula is C18H22FNO. The summed E-state index contributed by atoms with van der Waals surface area (Å²) in [6, 6.07) is 12.7. The molecule has 112 valence electrons. The topological polar surface area (TPSA) is 23.5 Å². The smallest absolute Gasteiger partial charge is 0.146 e. The summed E-state index contributed by atoms with van der Waals surface area (Å²) < 4.78 is 13.9. The van der Waals surface area contributed by atoms with E-state index < -0.39 is 6.10 Å². The van der Waals surface area contributed by atoms with Gasteiger partial charge in [0.05, 0.1) is 11.8 Å². The van der Waals surface area contributed by atoms with Crippen LogP contribution >= 0.6 is 0 Å². The molecule has 0 amide bonds. The highest BCUT2D eigenvalue weighted by atomic mass is 19.1. The third kappa shape index (κ3) is 3.61. The van der Waals surface area contributed by atoms with E-state index in [1.54, 1.807) is 12.1 Å². The largest absolute Gasteiger partial charge is 0.387 e. The number of likely N-dealkylation sites (N-methyl/N-ethyl adjacent to an activating group) is 1. The average Bonchev–Trinajstić information content (AvgIpc) is 2.48. The van der Waals surface area contributed by atoms with Crippen LogP contribution < -0.4 is 4.90 Å². The summed E-state index contributed by atoms with van der Waals surface area (Å²) in [7, 11) is 0. The molecule has 0 fully saturated rings. The summed E-state index contributed by atoms with van der Waals surface area (Å²) in [6.07, 6.45) is -0.635. The predicted octanol–water partition coefficient (Wildman–Crippen LogP) is 4.00. The number of rotatable bonds is 5. The molecule has 2 rings (SSSR count). The quantitative estimate of drug-likeness (QED) is 0.898. The molecule has 0 heterocycles. The van der Waals surface area contributed by atoms with Gasteiger partial charge >= 0.3 is 0 Å². The Hall–Kier alpha value is -1.87. The van der Waals surface area contributed by atoms with Gasteiger partial charge in [-0.1, -0.05) is 35.9 Å². The van der Waals surface area contributed by atoms with Gasteiger partial charge in [-0.15, -0.1) is 0 Å². The van der Waals surface area contributed by atoms with Crippen molar-refractivity contribution in [2.45, 2.75) is 26.9 Å². The van der Waals surface area contributed by atoms with Crippen LogP contribution in [0.15, 0.2) is 42.5 Å². The molecule has 0 radical (unpaired) electrons. The maximum absolute atomic E-state index is 13.9. The van der Waals surface area contributed by atoms with E-state index in [1.165, 1.54) is 6.07 Å². The van der Waals surface area contributed by atoms with Gasteiger partial charge in [-0.25, -0.2) is 4.39 Å². The minimum absolute atomic E-state index is 0.257. The van der Waals surface area contributed by atoms with E-state index >= 15 is 0 Å². The Morgan fingerprint density at radius 3 is 2.52 bits per heavy atom. The normalized spacial score (nSPS) is 12.2. The first kappa shape index (κ1) is 15.5. The fraction of sp³-hybridized carbons (Fsp3) is 0.333. The Balaban J connectivity index is 2.22. The van der Waals surface area contributed by atoms with Gasteiger partial charge in [0.15, 0.2) is 0 Å². The minimum atomic E-state index is -0.635. The minimum Gasteiger partial charge on any atom is -0.387 e. The molecule has 1 N–H and O–H groups in total. The Morgan fingerprint density at radius 2 is 1.86 bits per heavy atom. The fourth-order valence-corrected chi connectivity index (χ4v) is 2.53. The number of aryl methyl sites for hydroxylation is 2. The van der Waals surface area contributed by atoms with E-state index in [0.29, 0.717) is 18.8 Å². The van der Waals surface area contributed by atoms with Crippen molar-refractivity contribution in [3.63, 3.8) is 0 Å². The highest BCUT2D eigenvalue weighted by molar-refractivity contribution is 5.48. The molecule has 0 spiro atoms. The summed E-state index contributed by atoms with van der Waals surface area (Å²) in [5.74, 6) is -0.257. The van der Waals surface area contributed by atoms with Crippen LogP contribution in [0.25, 0.3) is 0 Å². The fourth-order valence-electron chi connectivity index (χ4n) is 2.53. The molecule has 0 aliphatic heterocycles. The Bertz CT molecular complexity index is 612. The van der Waals surface area contributed by atoms with Crippen molar-refractivity contribution in [3.8, 4) is 0 Å².